The molecule has 2 heterocycles. The van der Waals surface area contributed by atoms with Crippen LogP contribution in [0.2, 0.25) is 0 Å². The first-order valence-corrected chi connectivity index (χ1v) is 9.05. The zero-order valence-corrected chi connectivity index (χ0v) is 16.0. The molecule has 1 saturated heterocycles. The zero-order valence-electron chi connectivity index (χ0n) is 16.0. The first-order chi connectivity index (χ1) is 13.0. The molecule has 3 rings (SSSR count). The number of hydrogen-bond acceptors (Lipinski definition) is 5. The van der Waals surface area contributed by atoms with Gasteiger partial charge in [0.1, 0.15) is 11.6 Å². The monoisotopic (exact) mass is 367 g/mol. The van der Waals surface area contributed by atoms with Gasteiger partial charge in [-0.05, 0) is 5.56 Å². The van der Waals surface area contributed by atoms with Crippen LogP contribution in [0.15, 0.2) is 36.4 Å². The Morgan fingerprint density at radius 1 is 1.30 bits per heavy atom. The van der Waals surface area contributed by atoms with Gasteiger partial charge in [-0.25, -0.2) is 9.97 Å². The molecule has 7 heteroatoms. The van der Waals surface area contributed by atoms with Crippen LogP contribution in [0.25, 0.3) is 0 Å². The van der Waals surface area contributed by atoms with Gasteiger partial charge in [0.25, 0.3) is 0 Å². The standard InChI is InChI=1S/C20H25N5O2/c1-14(26)24(3)13-19-22-17(10-18(21-2)23-19)16-9-20(27)25(12-16)11-15-7-5-4-6-8-15/h4-8,10,16H,9,11-13H2,1-3H3,(H,21,22,23). The zero-order chi connectivity index (χ0) is 19.4. The summed E-state index contributed by atoms with van der Waals surface area (Å²) in [6, 6.07) is 11.9. The Labute approximate surface area is 159 Å². The smallest absolute Gasteiger partial charge is 0.223 e. The van der Waals surface area contributed by atoms with Gasteiger partial charge in [-0.2, -0.15) is 0 Å². The van der Waals surface area contributed by atoms with Gasteiger partial charge in [0, 0.05) is 52.5 Å². The molecule has 0 radical (unpaired) electrons. The Bertz CT molecular complexity index is 824. The third-order valence-corrected chi connectivity index (χ3v) is 4.81. The van der Waals surface area contributed by atoms with Crippen LogP contribution in [-0.4, -0.2) is 52.2 Å². The number of amides is 2. The molecule has 1 aromatic carbocycles. The maximum Gasteiger partial charge on any atom is 0.223 e. The van der Waals surface area contributed by atoms with Crippen molar-refractivity contribution in [1.82, 2.24) is 19.8 Å². The summed E-state index contributed by atoms with van der Waals surface area (Å²) in [6.45, 7) is 3.10. The van der Waals surface area contributed by atoms with Crippen molar-refractivity contribution < 1.29 is 9.59 Å². The molecule has 0 saturated carbocycles. The van der Waals surface area contributed by atoms with Crippen LogP contribution in [0.5, 0.6) is 0 Å². The number of benzene rings is 1. The van der Waals surface area contributed by atoms with E-state index in [1.807, 2.05) is 41.3 Å². The third-order valence-electron chi connectivity index (χ3n) is 4.81. The molecule has 2 amide bonds. The van der Waals surface area contributed by atoms with Crippen molar-refractivity contribution in [1.29, 1.82) is 0 Å². The number of rotatable bonds is 6. The second kappa shape index (κ2) is 8.16. The number of anilines is 1. The van der Waals surface area contributed by atoms with E-state index in [0.717, 1.165) is 11.3 Å². The second-order valence-electron chi connectivity index (χ2n) is 6.88. The fourth-order valence-corrected chi connectivity index (χ4v) is 3.18. The predicted octanol–water partition coefficient (Wildman–Crippen LogP) is 2.01. The van der Waals surface area contributed by atoms with E-state index in [4.69, 9.17) is 0 Å². The van der Waals surface area contributed by atoms with E-state index in [1.165, 1.54) is 6.92 Å². The van der Waals surface area contributed by atoms with Gasteiger partial charge in [0.05, 0.1) is 12.2 Å². The van der Waals surface area contributed by atoms with Crippen molar-refractivity contribution in [3.8, 4) is 0 Å². The van der Waals surface area contributed by atoms with Gasteiger partial charge < -0.3 is 15.1 Å². The van der Waals surface area contributed by atoms with Crippen LogP contribution in [0.4, 0.5) is 5.82 Å². The second-order valence-corrected chi connectivity index (χ2v) is 6.88. The minimum atomic E-state index is -0.0416. The first kappa shape index (κ1) is 18.8. The molecule has 1 atom stereocenters. The highest BCUT2D eigenvalue weighted by Gasteiger charge is 2.32. The Morgan fingerprint density at radius 3 is 2.70 bits per heavy atom. The third kappa shape index (κ3) is 4.61. The lowest BCUT2D eigenvalue weighted by Crippen LogP contribution is -2.25. The average Bonchev–Trinajstić information content (AvgIpc) is 3.02. The van der Waals surface area contributed by atoms with Crippen LogP contribution >= 0.6 is 0 Å². The Morgan fingerprint density at radius 2 is 2.04 bits per heavy atom. The highest BCUT2D eigenvalue weighted by molar-refractivity contribution is 5.79. The Hall–Kier alpha value is -2.96. The van der Waals surface area contributed by atoms with Gasteiger partial charge in [0.2, 0.25) is 11.8 Å². The van der Waals surface area contributed by atoms with Gasteiger partial charge in [0.15, 0.2) is 0 Å². The lowest BCUT2D eigenvalue weighted by molar-refractivity contribution is -0.128. The van der Waals surface area contributed by atoms with Gasteiger partial charge >= 0.3 is 0 Å². The summed E-state index contributed by atoms with van der Waals surface area (Å²) in [7, 11) is 3.52. The van der Waals surface area contributed by atoms with E-state index in [9.17, 15) is 9.59 Å². The SMILES string of the molecule is CNc1cc(C2CC(=O)N(Cc3ccccc3)C2)nc(CN(C)C(C)=O)n1. The van der Waals surface area contributed by atoms with Crippen molar-refractivity contribution in [2.75, 3.05) is 26.0 Å². The predicted molar refractivity (Wildman–Crippen MR) is 103 cm³/mol. The summed E-state index contributed by atoms with van der Waals surface area (Å²) in [5.41, 5.74) is 1.96. The molecule has 0 spiro atoms. The minimum absolute atomic E-state index is 0.0256. The minimum Gasteiger partial charge on any atom is -0.373 e. The summed E-state index contributed by atoms with van der Waals surface area (Å²) < 4.78 is 0. The molecule has 142 valence electrons. The molecular weight excluding hydrogens is 342 g/mol. The van der Waals surface area contributed by atoms with Crippen molar-refractivity contribution in [3.63, 3.8) is 0 Å². The fraction of sp³-hybridized carbons (Fsp3) is 0.400. The number of hydrogen-bond donors (Lipinski definition) is 1. The van der Waals surface area contributed by atoms with Gasteiger partial charge in [-0.3, -0.25) is 9.59 Å². The molecule has 2 aromatic rings. The first-order valence-electron chi connectivity index (χ1n) is 9.05. The molecule has 1 aliphatic rings. The lowest BCUT2D eigenvalue weighted by atomic mass is 10.0. The number of carbonyl (C=O) groups is 2. The summed E-state index contributed by atoms with van der Waals surface area (Å²) in [4.78, 5) is 36.5. The molecule has 1 fully saturated rings. The van der Waals surface area contributed by atoms with E-state index in [0.29, 0.717) is 37.7 Å². The highest BCUT2D eigenvalue weighted by atomic mass is 16.2. The summed E-state index contributed by atoms with van der Waals surface area (Å²) in [6.07, 6.45) is 0.439. The van der Waals surface area contributed by atoms with Crippen molar-refractivity contribution in [2.24, 2.45) is 0 Å². The number of nitrogens with one attached hydrogen (secondary N) is 1. The van der Waals surface area contributed by atoms with E-state index in [1.54, 1.807) is 19.0 Å². The number of likely N-dealkylation sites (tertiary alicyclic amines) is 1. The van der Waals surface area contributed by atoms with E-state index in [2.05, 4.69) is 15.3 Å². The maximum absolute atomic E-state index is 12.5. The van der Waals surface area contributed by atoms with Gasteiger partial charge in [-0.1, -0.05) is 30.3 Å². The van der Waals surface area contributed by atoms with Crippen LogP contribution in [-0.2, 0) is 22.7 Å². The Kier molecular flexibility index (Phi) is 5.69. The van der Waals surface area contributed by atoms with E-state index >= 15 is 0 Å². The van der Waals surface area contributed by atoms with Crippen molar-refractivity contribution >= 4 is 17.6 Å². The number of carbonyl (C=O) groups excluding carboxylic acids is 2. The molecule has 1 aliphatic heterocycles. The van der Waals surface area contributed by atoms with Crippen LogP contribution in [0, 0.1) is 0 Å². The van der Waals surface area contributed by atoms with Crippen molar-refractivity contribution in [3.05, 3.63) is 53.5 Å². The van der Waals surface area contributed by atoms with Crippen molar-refractivity contribution in [2.45, 2.75) is 32.4 Å². The molecule has 27 heavy (non-hydrogen) atoms. The normalized spacial score (nSPS) is 16.5. The topological polar surface area (TPSA) is 78.4 Å². The molecule has 0 bridgehead atoms. The molecule has 0 aliphatic carbocycles. The average molecular weight is 367 g/mol. The van der Waals surface area contributed by atoms with E-state index in [-0.39, 0.29) is 17.7 Å². The molecule has 1 N–H and O–H groups in total. The lowest BCUT2D eigenvalue weighted by Gasteiger charge is -2.18. The Balaban J connectivity index is 1.77. The summed E-state index contributed by atoms with van der Waals surface area (Å²) in [5.74, 6) is 1.39. The molecule has 1 aromatic heterocycles. The molecular formula is C20H25N5O2. The largest absolute Gasteiger partial charge is 0.373 e. The van der Waals surface area contributed by atoms with Gasteiger partial charge in [-0.15, -0.1) is 0 Å². The van der Waals surface area contributed by atoms with E-state index < -0.39 is 0 Å². The van der Waals surface area contributed by atoms with Crippen LogP contribution in [0.1, 0.15) is 36.3 Å². The molecule has 7 nitrogen and oxygen atoms in total. The maximum atomic E-state index is 12.5. The number of aromatic nitrogens is 2. The van der Waals surface area contributed by atoms with Crippen LogP contribution < -0.4 is 5.32 Å². The summed E-state index contributed by atoms with van der Waals surface area (Å²) in [5, 5.41) is 3.04. The summed E-state index contributed by atoms with van der Waals surface area (Å²) >= 11 is 0. The quantitative estimate of drug-likeness (QED) is 0.845. The fourth-order valence-electron chi connectivity index (χ4n) is 3.18. The number of nitrogens with zero attached hydrogens (tertiary/aromatic N) is 4. The van der Waals surface area contributed by atoms with Crippen LogP contribution in [0.3, 0.4) is 0 Å². The molecule has 1 unspecified atom stereocenters. The highest BCUT2D eigenvalue weighted by Crippen LogP contribution is 2.29.